The summed E-state index contributed by atoms with van der Waals surface area (Å²) in [5, 5.41) is 42.6. The third kappa shape index (κ3) is 9.38. The van der Waals surface area contributed by atoms with Gasteiger partial charge in [0.1, 0.15) is 0 Å². The van der Waals surface area contributed by atoms with Crippen LogP contribution in [0.4, 0.5) is 0 Å². The summed E-state index contributed by atoms with van der Waals surface area (Å²) >= 11 is 0. The molecule has 11 nitrogen and oxygen atoms in total. The molecule has 2 rings (SSSR count). The largest absolute Gasteiger partial charge is 0.425 e. The Bertz CT molecular complexity index is 735. The van der Waals surface area contributed by atoms with Crippen molar-refractivity contribution in [1.82, 2.24) is 5.32 Å². The lowest BCUT2D eigenvalue weighted by molar-refractivity contribution is -0.290. The zero-order valence-corrected chi connectivity index (χ0v) is 21.9. The van der Waals surface area contributed by atoms with E-state index in [1.807, 2.05) is 21.6 Å². The number of hydrogen-bond donors (Lipinski definition) is 5. The molecule has 0 bridgehead atoms. The van der Waals surface area contributed by atoms with Gasteiger partial charge in [0.2, 0.25) is 12.2 Å². The first-order chi connectivity index (χ1) is 16.4. The van der Waals surface area contributed by atoms with E-state index in [9.17, 15) is 29.7 Å². The van der Waals surface area contributed by atoms with E-state index in [0.29, 0.717) is 6.42 Å². The summed E-state index contributed by atoms with van der Waals surface area (Å²) in [6.07, 6.45) is -2.32. The molecule has 0 spiro atoms. The Labute approximate surface area is 213 Å². The van der Waals surface area contributed by atoms with Crippen LogP contribution in [0.5, 0.6) is 0 Å². The fourth-order valence-electron chi connectivity index (χ4n) is 4.05. The Kier molecular flexibility index (Phi) is 11.6. The zero-order valence-electron chi connectivity index (χ0n) is 20.3. The number of unbranched alkanes of at least 4 members (excludes halogenated alkanes) is 1. The Hall–Kier alpha value is -1.09. The highest BCUT2D eigenvalue weighted by atomic mass is 33.1. The van der Waals surface area contributed by atoms with Gasteiger partial charge in [0, 0.05) is 43.6 Å². The number of rotatable bonds is 12. The molecule has 0 aliphatic carbocycles. The summed E-state index contributed by atoms with van der Waals surface area (Å²) in [4.78, 5) is 36.2. The minimum absolute atomic E-state index is 0.161. The van der Waals surface area contributed by atoms with E-state index in [0.717, 1.165) is 25.0 Å². The average molecular weight is 540 g/mol. The van der Waals surface area contributed by atoms with Crippen LogP contribution >= 0.6 is 21.6 Å². The van der Waals surface area contributed by atoms with Gasteiger partial charge >= 0.3 is 11.9 Å². The second-order valence-corrected chi connectivity index (χ2v) is 12.3. The monoisotopic (exact) mass is 539 g/mol. The van der Waals surface area contributed by atoms with Gasteiger partial charge in [-0.05, 0) is 26.2 Å². The fraction of sp³-hybridized carbons (Fsp3) is 0.864. The van der Waals surface area contributed by atoms with Crippen molar-refractivity contribution in [3.8, 4) is 0 Å². The van der Waals surface area contributed by atoms with Gasteiger partial charge in [-0.15, -0.1) is 0 Å². The summed E-state index contributed by atoms with van der Waals surface area (Å²) in [5.74, 6) is -3.80. The molecule has 0 aromatic carbocycles. The number of carbonyl (C=O) groups is 3. The van der Waals surface area contributed by atoms with Gasteiger partial charge in [0.25, 0.3) is 5.79 Å². The topological polar surface area (TPSA) is 172 Å². The zero-order chi connectivity index (χ0) is 26.2. The maximum atomic E-state index is 12.6. The van der Waals surface area contributed by atoms with E-state index in [1.165, 1.54) is 13.8 Å². The number of hydrogen-bond acceptors (Lipinski definition) is 12. The molecule has 2 fully saturated rings. The van der Waals surface area contributed by atoms with Crippen LogP contribution in [0.1, 0.15) is 65.7 Å². The van der Waals surface area contributed by atoms with Gasteiger partial charge in [-0.3, -0.25) is 9.59 Å². The van der Waals surface area contributed by atoms with Gasteiger partial charge in [-0.2, -0.15) is 0 Å². The Morgan fingerprint density at radius 2 is 1.97 bits per heavy atom. The summed E-state index contributed by atoms with van der Waals surface area (Å²) in [5.41, 5.74) is 0. The highest BCUT2D eigenvalue weighted by Crippen LogP contribution is 2.49. The molecule has 5 N–H and O–H groups in total. The van der Waals surface area contributed by atoms with Crippen molar-refractivity contribution in [3.05, 3.63) is 0 Å². The number of aliphatic hydroxyl groups is 4. The van der Waals surface area contributed by atoms with Crippen LogP contribution in [0.25, 0.3) is 0 Å². The number of aliphatic hydroxyl groups excluding tert-OH is 3. The molecule has 35 heavy (non-hydrogen) atoms. The Morgan fingerprint density at radius 3 is 2.57 bits per heavy atom. The summed E-state index contributed by atoms with van der Waals surface area (Å²) < 4.78 is 15.8. The van der Waals surface area contributed by atoms with Gasteiger partial charge in [-0.25, -0.2) is 4.79 Å². The van der Waals surface area contributed by atoms with Crippen molar-refractivity contribution >= 4 is 39.4 Å². The molecular formula is C22H37NO10S2. The number of esters is 2. The van der Waals surface area contributed by atoms with Crippen molar-refractivity contribution in [2.24, 2.45) is 0 Å². The molecule has 0 radical (unpaired) electrons. The van der Waals surface area contributed by atoms with Gasteiger partial charge in [-0.1, -0.05) is 28.0 Å². The standard InChI is InChI=1S/C22H37NO10S2/c1-13(25)23-19-16(27)11-22(30,33-17(19)10-15(26)12-24)20(29)32-14(2)31-18(28)6-4-5-7-21(3)8-9-34-35-21/h14-17,19,24,26-27,30H,4-12H2,1-3H3,(H,23,25)/t14?,15-,16+,17?,19?,21+,22+/m0/s1. The van der Waals surface area contributed by atoms with E-state index >= 15 is 0 Å². The van der Waals surface area contributed by atoms with E-state index < -0.39 is 67.3 Å². The Morgan fingerprint density at radius 1 is 1.26 bits per heavy atom. The van der Waals surface area contributed by atoms with E-state index in [4.69, 9.17) is 19.3 Å². The quantitative estimate of drug-likeness (QED) is 0.101. The smallest absolute Gasteiger partial charge is 0.369 e. The third-order valence-corrected chi connectivity index (χ3v) is 9.29. The lowest BCUT2D eigenvalue weighted by atomic mass is 9.90. The minimum atomic E-state index is -2.61. The lowest BCUT2D eigenvalue weighted by Gasteiger charge is -2.43. The first-order valence-corrected chi connectivity index (χ1v) is 14.0. The van der Waals surface area contributed by atoms with Crippen molar-refractivity contribution in [3.63, 3.8) is 0 Å². The second-order valence-electron chi connectivity index (χ2n) is 9.29. The van der Waals surface area contributed by atoms with Crippen LogP contribution in [0.3, 0.4) is 0 Å². The molecule has 7 atom stereocenters. The SMILES string of the molecule is CC(=O)NC1C(C[C@H](O)CO)O[C@@](O)(C(=O)OC(C)OC(=O)CCCC[C@]2(C)CCSS2)C[C@H]1O. The van der Waals surface area contributed by atoms with Crippen LogP contribution in [-0.4, -0.2) is 91.8 Å². The molecule has 202 valence electrons. The highest BCUT2D eigenvalue weighted by molar-refractivity contribution is 8.77. The molecule has 2 aliphatic rings. The number of amides is 1. The minimum Gasteiger partial charge on any atom is -0.425 e. The molecule has 2 aliphatic heterocycles. The van der Waals surface area contributed by atoms with Crippen molar-refractivity contribution < 1.29 is 49.0 Å². The maximum absolute atomic E-state index is 12.6. The summed E-state index contributed by atoms with van der Waals surface area (Å²) in [7, 11) is 3.75. The molecule has 1 amide bonds. The van der Waals surface area contributed by atoms with E-state index in [1.54, 1.807) is 0 Å². The van der Waals surface area contributed by atoms with Gasteiger partial charge in [0.05, 0.1) is 31.0 Å². The van der Waals surface area contributed by atoms with Crippen LogP contribution < -0.4 is 5.32 Å². The molecule has 2 saturated heterocycles. The molecule has 0 aromatic rings. The molecule has 3 unspecified atom stereocenters. The second kappa shape index (κ2) is 13.5. The Balaban J connectivity index is 1.86. The lowest BCUT2D eigenvalue weighted by Crippen LogP contribution is -2.64. The molecule has 13 heteroatoms. The highest BCUT2D eigenvalue weighted by Gasteiger charge is 2.52. The predicted molar refractivity (Wildman–Crippen MR) is 129 cm³/mol. The summed E-state index contributed by atoms with van der Waals surface area (Å²) in [6.45, 7) is 4.12. The van der Waals surface area contributed by atoms with Crippen molar-refractivity contribution in [2.75, 3.05) is 12.4 Å². The predicted octanol–water partition coefficient (Wildman–Crippen LogP) is 0.609. The molecule has 0 saturated carbocycles. The van der Waals surface area contributed by atoms with E-state index in [-0.39, 0.29) is 17.6 Å². The van der Waals surface area contributed by atoms with E-state index in [2.05, 4.69) is 12.2 Å². The molecule has 0 aromatic heterocycles. The van der Waals surface area contributed by atoms with Gasteiger partial charge in [0.15, 0.2) is 0 Å². The number of ether oxygens (including phenoxy) is 3. The average Bonchev–Trinajstić information content (AvgIpc) is 3.20. The normalized spacial score (nSPS) is 32.5. The van der Waals surface area contributed by atoms with Gasteiger partial charge < -0.3 is 40.0 Å². The first-order valence-electron chi connectivity index (χ1n) is 11.7. The summed E-state index contributed by atoms with van der Waals surface area (Å²) in [6, 6.07) is -1.04. The number of carbonyl (C=O) groups excluding carboxylic acids is 3. The van der Waals surface area contributed by atoms with Crippen LogP contribution in [-0.2, 0) is 28.6 Å². The van der Waals surface area contributed by atoms with Crippen LogP contribution in [0.2, 0.25) is 0 Å². The van der Waals surface area contributed by atoms with Crippen molar-refractivity contribution in [1.29, 1.82) is 0 Å². The fourth-order valence-corrected chi connectivity index (χ4v) is 7.35. The van der Waals surface area contributed by atoms with Crippen LogP contribution in [0, 0.1) is 0 Å². The first kappa shape index (κ1) is 30.1. The van der Waals surface area contributed by atoms with Crippen LogP contribution in [0.15, 0.2) is 0 Å². The maximum Gasteiger partial charge on any atom is 0.369 e. The molecular weight excluding hydrogens is 502 g/mol. The third-order valence-electron chi connectivity index (χ3n) is 5.93. The number of nitrogens with one attached hydrogen (secondary N) is 1. The van der Waals surface area contributed by atoms with Crippen molar-refractivity contribution in [2.45, 2.75) is 107 Å². The molecule has 2 heterocycles.